The summed E-state index contributed by atoms with van der Waals surface area (Å²) < 4.78 is 0. The molecule has 3 nitrogen and oxygen atoms in total. The van der Waals surface area contributed by atoms with Crippen molar-refractivity contribution >= 4 is 23.2 Å². The molecule has 2 heterocycles. The van der Waals surface area contributed by atoms with E-state index < -0.39 is 6.10 Å². The maximum absolute atomic E-state index is 10.1. The number of hydrogen-bond donors (Lipinski definition) is 1. The molecular formula is C14H14Cl2N2O. The van der Waals surface area contributed by atoms with Gasteiger partial charge < -0.3 is 5.11 Å². The van der Waals surface area contributed by atoms with Crippen LogP contribution < -0.4 is 0 Å². The first-order valence-electron chi connectivity index (χ1n) is 6.03. The molecule has 2 aromatic heterocycles. The molecule has 0 saturated heterocycles. The second-order valence-electron chi connectivity index (χ2n) is 4.25. The van der Waals surface area contributed by atoms with Gasteiger partial charge in [-0.3, -0.25) is 9.97 Å². The Morgan fingerprint density at radius 2 is 2.00 bits per heavy atom. The van der Waals surface area contributed by atoms with Gasteiger partial charge in [0, 0.05) is 24.5 Å². The highest BCUT2D eigenvalue weighted by Crippen LogP contribution is 2.25. The van der Waals surface area contributed by atoms with Gasteiger partial charge in [0.1, 0.15) is 6.10 Å². The van der Waals surface area contributed by atoms with E-state index in [1.54, 1.807) is 6.07 Å². The first kappa shape index (κ1) is 14.3. The summed E-state index contributed by atoms with van der Waals surface area (Å²) >= 11 is 11.8. The van der Waals surface area contributed by atoms with Gasteiger partial charge in [-0.1, -0.05) is 36.2 Å². The first-order valence-corrected chi connectivity index (χ1v) is 6.78. The number of aliphatic hydroxyl groups excluding tert-OH is 1. The second kappa shape index (κ2) is 6.33. The lowest BCUT2D eigenvalue weighted by Gasteiger charge is -2.11. The SMILES string of the molecule is CCc1ccc(CC(O)c2ncc(Cl)cc2Cl)nc1. The van der Waals surface area contributed by atoms with Crippen LogP contribution in [0.3, 0.4) is 0 Å². The summed E-state index contributed by atoms with van der Waals surface area (Å²) in [7, 11) is 0. The van der Waals surface area contributed by atoms with Gasteiger partial charge >= 0.3 is 0 Å². The highest BCUT2D eigenvalue weighted by atomic mass is 35.5. The van der Waals surface area contributed by atoms with Crippen LogP contribution >= 0.6 is 23.2 Å². The third kappa shape index (κ3) is 3.66. The van der Waals surface area contributed by atoms with E-state index in [0.29, 0.717) is 22.2 Å². The van der Waals surface area contributed by atoms with E-state index >= 15 is 0 Å². The fraction of sp³-hybridized carbons (Fsp3) is 0.286. The van der Waals surface area contributed by atoms with E-state index in [-0.39, 0.29) is 0 Å². The largest absolute Gasteiger partial charge is 0.386 e. The molecule has 0 aromatic carbocycles. The summed E-state index contributed by atoms with van der Waals surface area (Å²) in [6.07, 6.45) is 3.82. The van der Waals surface area contributed by atoms with E-state index in [4.69, 9.17) is 23.2 Å². The molecule has 0 bridgehead atoms. The molecule has 0 amide bonds. The molecule has 0 radical (unpaired) electrons. The van der Waals surface area contributed by atoms with Crippen LogP contribution in [-0.4, -0.2) is 15.1 Å². The summed E-state index contributed by atoms with van der Waals surface area (Å²) in [5.74, 6) is 0. The molecule has 0 fully saturated rings. The Labute approximate surface area is 122 Å². The van der Waals surface area contributed by atoms with Crippen LogP contribution in [-0.2, 0) is 12.8 Å². The van der Waals surface area contributed by atoms with E-state index in [9.17, 15) is 5.11 Å². The van der Waals surface area contributed by atoms with Gasteiger partial charge in [-0.25, -0.2) is 0 Å². The molecule has 1 unspecified atom stereocenters. The molecule has 0 spiro atoms. The zero-order valence-corrected chi connectivity index (χ0v) is 12.0. The Morgan fingerprint density at radius 3 is 2.58 bits per heavy atom. The van der Waals surface area contributed by atoms with Crippen molar-refractivity contribution < 1.29 is 5.11 Å². The second-order valence-corrected chi connectivity index (χ2v) is 5.10. The number of aromatic nitrogens is 2. The third-order valence-electron chi connectivity index (χ3n) is 2.85. The number of hydrogen-bond acceptors (Lipinski definition) is 3. The van der Waals surface area contributed by atoms with Gasteiger partial charge in [0.05, 0.1) is 15.7 Å². The van der Waals surface area contributed by atoms with E-state index in [1.165, 1.54) is 11.8 Å². The number of rotatable bonds is 4. The lowest BCUT2D eigenvalue weighted by molar-refractivity contribution is 0.172. The average molecular weight is 297 g/mol. The van der Waals surface area contributed by atoms with Crippen molar-refractivity contribution in [3.8, 4) is 0 Å². The van der Waals surface area contributed by atoms with E-state index in [2.05, 4.69) is 16.9 Å². The Balaban J connectivity index is 2.13. The first-order chi connectivity index (χ1) is 9.10. The van der Waals surface area contributed by atoms with Crippen LogP contribution in [0.5, 0.6) is 0 Å². The summed E-state index contributed by atoms with van der Waals surface area (Å²) in [4.78, 5) is 8.37. The smallest absolute Gasteiger partial charge is 0.103 e. The van der Waals surface area contributed by atoms with Gasteiger partial charge in [-0.15, -0.1) is 0 Å². The molecule has 2 rings (SSSR count). The Bertz CT molecular complexity index is 558. The maximum Gasteiger partial charge on any atom is 0.103 e. The van der Waals surface area contributed by atoms with E-state index in [0.717, 1.165) is 12.1 Å². The van der Waals surface area contributed by atoms with Gasteiger partial charge in [-0.2, -0.15) is 0 Å². The minimum absolute atomic E-state index is 0.366. The van der Waals surface area contributed by atoms with Crippen molar-refractivity contribution in [3.05, 3.63) is 57.6 Å². The summed E-state index contributed by atoms with van der Waals surface area (Å²) in [6.45, 7) is 2.07. The molecule has 1 N–H and O–H groups in total. The van der Waals surface area contributed by atoms with Crippen molar-refractivity contribution in [2.45, 2.75) is 25.9 Å². The zero-order chi connectivity index (χ0) is 13.8. The monoisotopic (exact) mass is 296 g/mol. The summed E-state index contributed by atoms with van der Waals surface area (Å²) in [5, 5.41) is 11.0. The standard InChI is InChI=1S/C14H14Cl2N2O/c1-2-9-3-4-11(17-7-9)6-13(19)14-12(16)5-10(15)8-18-14/h3-5,7-8,13,19H,2,6H2,1H3. The number of aliphatic hydroxyl groups is 1. The van der Waals surface area contributed by atoms with E-state index in [1.807, 2.05) is 18.3 Å². The molecule has 0 saturated carbocycles. The molecule has 0 aliphatic rings. The predicted octanol–water partition coefficient (Wildman–Crippen LogP) is 3.62. The van der Waals surface area contributed by atoms with Crippen LogP contribution in [0.4, 0.5) is 0 Å². The lowest BCUT2D eigenvalue weighted by atomic mass is 10.1. The molecular weight excluding hydrogens is 283 g/mol. The fourth-order valence-corrected chi connectivity index (χ4v) is 2.26. The van der Waals surface area contributed by atoms with Crippen LogP contribution in [0.2, 0.25) is 10.0 Å². The van der Waals surface area contributed by atoms with Crippen molar-refractivity contribution in [2.24, 2.45) is 0 Å². The Kier molecular flexibility index (Phi) is 4.75. The average Bonchev–Trinajstić information content (AvgIpc) is 2.39. The minimum Gasteiger partial charge on any atom is -0.386 e. The molecule has 0 aliphatic heterocycles. The lowest BCUT2D eigenvalue weighted by Crippen LogP contribution is -2.06. The number of aryl methyl sites for hydroxylation is 1. The quantitative estimate of drug-likeness (QED) is 0.937. The summed E-state index contributed by atoms with van der Waals surface area (Å²) in [6, 6.07) is 5.49. The topological polar surface area (TPSA) is 46.0 Å². The Hall–Kier alpha value is -1.16. The van der Waals surface area contributed by atoms with Gasteiger partial charge in [0.15, 0.2) is 0 Å². The maximum atomic E-state index is 10.1. The highest BCUT2D eigenvalue weighted by Gasteiger charge is 2.15. The van der Waals surface area contributed by atoms with Gasteiger partial charge in [-0.05, 0) is 24.1 Å². The van der Waals surface area contributed by atoms with Crippen molar-refractivity contribution in [3.63, 3.8) is 0 Å². The van der Waals surface area contributed by atoms with Crippen molar-refractivity contribution in [2.75, 3.05) is 0 Å². The molecule has 1 atom stereocenters. The molecule has 0 aliphatic carbocycles. The molecule has 19 heavy (non-hydrogen) atoms. The number of halogens is 2. The molecule has 5 heteroatoms. The van der Waals surface area contributed by atoms with Crippen LogP contribution in [0.25, 0.3) is 0 Å². The van der Waals surface area contributed by atoms with Gasteiger partial charge in [0.2, 0.25) is 0 Å². The predicted molar refractivity (Wildman–Crippen MR) is 76.5 cm³/mol. The van der Waals surface area contributed by atoms with Gasteiger partial charge in [0.25, 0.3) is 0 Å². The minimum atomic E-state index is -0.787. The van der Waals surface area contributed by atoms with Crippen LogP contribution in [0.15, 0.2) is 30.6 Å². The summed E-state index contributed by atoms with van der Waals surface area (Å²) in [5.41, 5.74) is 2.39. The molecule has 2 aromatic rings. The number of nitrogens with zero attached hydrogens (tertiary/aromatic N) is 2. The van der Waals surface area contributed by atoms with Crippen LogP contribution in [0.1, 0.15) is 30.0 Å². The number of pyridine rings is 2. The zero-order valence-electron chi connectivity index (χ0n) is 10.5. The van der Waals surface area contributed by atoms with Crippen molar-refractivity contribution in [1.29, 1.82) is 0 Å². The molecule has 100 valence electrons. The normalized spacial score (nSPS) is 12.4. The highest BCUT2D eigenvalue weighted by molar-refractivity contribution is 6.34. The van der Waals surface area contributed by atoms with Crippen molar-refractivity contribution in [1.82, 2.24) is 9.97 Å². The Morgan fingerprint density at radius 1 is 1.21 bits per heavy atom. The fourth-order valence-electron chi connectivity index (χ4n) is 1.75. The van der Waals surface area contributed by atoms with Crippen LogP contribution in [0, 0.1) is 0 Å². The third-order valence-corrected chi connectivity index (χ3v) is 3.36.